The van der Waals surface area contributed by atoms with Crippen molar-refractivity contribution in [3.8, 4) is 0 Å². The maximum Gasteiger partial charge on any atom is 0.289 e. The zero-order valence-electron chi connectivity index (χ0n) is 22.2. The minimum Gasteiger partial charge on any atom is -0.390 e. The van der Waals surface area contributed by atoms with E-state index >= 15 is 0 Å². The highest BCUT2D eigenvalue weighted by Crippen LogP contribution is 2.19. The van der Waals surface area contributed by atoms with Gasteiger partial charge in [0.1, 0.15) is 17.8 Å². The standard InChI is InChI=1S/C28H38N6O4/c1-19(2)13-25(36)28(38)34-11-8-22(9-12-34)32-26-14-24(30-18-31-26)27(37)29-15-23(35)17-33-10-7-20-5-3-4-6-21(20)16-33/h3-6,14,18-19,22-23,35H,7-13,15-17H2,1-2H3,(H,29,37)(H,30,31,32)/t23-/m0/s1. The van der Waals surface area contributed by atoms with Crippen LogP contribution in [0.5, 0.6) is 0 Å². The van der Waals surface area contributed by atoms with E-state index in [4.69, 9.17) is 0 Å². The number of hydrogen-bond donors (Lipinski definition) is 3. The zero-order chi connectivity index (χ0) is 27.1. The fraction of sp³-hybridized carbons (Fsp3) is 0.536. The molecule has 1 aromatic carbocycles. The first-order valence-electron chi connectivity index (χ1n) is 13.4. The molecule has 4 rings (SSSR count). The molecule has 0 spiro atoms. The van der Waals surface area contributed by atoms with Crippen molar-refractivity contribution in [3.05, 3.63) is 53.5 Å². The molecule has 0 aliphatic carbocycles. The molecule has 0 bridgehead atoms. The number of anilines is 1. The SMILES string of the molecule is CC(C)CC(=O)C(=O)N1CCC(Nc2cc(C(=O)NC[C@H](O)CN3CCc4ccccc4C3)ncn2)CC1. The molecule has 0 saturated carbocycles. The first-order valence-corrected chi connectivity index (χ1v) is 13.4. The number of ketones is 1. The molecule has 204 valence electrons. The van der Waals surface area contributed by atoms with Crippen molar-refractivity contribution in [2.45, 2.75) is 58.2 Å². The van der Waals surface area contributed by atoms with E-state index in [1.54, 1.807) is 11.0 Å². The maximum absolute atomic E-state index is 12.7. The van der Waals surface area contributed by atoms with Gasteiger partial charge in [0.2, 0.25) is 5.78 Å². The van der Waals surface area contributed by atoms with Crippen molar-refractivity contribution in [2.24, 2.45) is 5.92 Å². The number of aliphatic hydroxyl groups excluding tert-OH is 1. The molecule has 2 amide bonds. The van der Waals surface area contributed by atoms with Crippen LogP contribution in [0, 0.1) is 5.92 Å². The summed E-state index contributed by atoms with van der Waals surface area (Å²) in [5.41, 5.74) is 2.86. The third-order valence-corrected chi connectivity index (χ3v) is 7.04. The van der Waals surface area contributed by atoms with Gasteiger partial charge in [0, 0.05) is 57.8 Å². The molecule has 2 aliphatic rings. The maximum atomic E-state index is 12.7. The number of nitrogens with one attached hydrogen (secondary N) is 2. The Morgan fingerprint density at radius 1 is 1.08 bits per heavy atom. The highest BCUT2D eigenvalue weighted by Gasteiger charge is 2.27. The first kappa shape index (κ1) is 27.7. The van der Waals surface area contributed by atoms with Crippen LogP contribution < -0.4 is 10.6 Å². The number of nitrogens with zero attached hydrogens (tertiary/aromatic N) is 4. The Morgan fingerprint density at radius 2 is 1.82 bits per heavy atom. The molecule has 10 heteroatoms. The summed E-state index contributed by atoms with van der Waals surface area (Å²) >= 11 is 0. The third kappa shape index (κ3) is 7.58. The van der Waals surface area contributed by atoms with Crippen LogP contribution in [0.1, 0.15) is 54.7 Å². The molecule has 38 heavy (non-hydrogen) atoms. The number of β-amino-alcohol motifs (C(OH)–C–C–N with tert-alkyl or cyclic N) is 1. The van der Waals surface area contributed by atoms with Gasteiger partial charge in [-0.1, -0.05) is 38.1 Å². The largest absolute Gasteiger partial charge is 0.390 e. The van der Waals surface area contributed by atoms with E-state index in [0.717, 1.165) is 19.5 Å². The molecule has 2 aliphatic heterocycles. The summed E-state index contributed by atoms with van der Waals surface area (Å²) in [4.78, 5) is 49.3. The molecular weight excluding hydrogens is 484 g/mol. The summed E-state index contributed by atoms with van der Waals surface area (Å²) in [6, 6.07) is 10.0. The van der Waals surface area contributed by atoms with Gasteiger partial charge in [0.25, 0.3) is 11.8 Å². The number of piperidine rings is 1. The van der Waals surface area contributed by atoms with Crippen molar-refractivity contribution in [1.82, 2.24) is 25.1 Å². The lowest BCUT2D eigenvalue weighted by Crippen LogP contribution is -2.45. The van der Waals surface area contributed by atoms with E-state index in [0.29, 0.717) is 38.3 Å². The van der Waals surface area contributed by atoms with Gasteiger partial charge in [-0.3, -0.25) is 19.3 Å². The average Bonchev–Trinajstić information content (AvgIpc) is 2.91. The summed E-state index contributed by atoms with van der Waals surface area (Å²) in [5, 5.41) is 16.6. The van der Waals surface area contributed by atoms with Crippen LogP contribution in [0.2, 0.25) is 0 Å². The minimum atomic E-state index is -0.691. The van der Waals surface area contributed by atoms with Crippen LogP contribution in [0.25, 0.3) is 0 Å². The quantitative estimate of drug-likeness (QED) is 0.402. The lowest BCUT2D eigenvalue weighted by Gasteiger charge is -2.32. The number of rotatable bonds is 10. The van der Waals surface area contributed by atoms with Gasteiger partial charge in [-0.2, -0.15) is 0 Å². The highest BCUT2D eigenvalue weighted by molar-refractivity contribution is 6.36. The van der Waals surface area contributed by atoms with E-state index in [1.165, 1.54) is 17.5 Å². The van der Waals surface area contributed by atoms with Crippen LogP contribution in [0.4, 0.5) is 5.82 Å². The second-order valence-electron chi connectivity index (χ2n) is 10.6. The second kappa shape index (κ2) is 12.9. The van der Waals surface area contributed by atoms with Gasteiger partial charge in [0.05, 0.1) is 6.10 Å². The van der Waals surface area contributed by atoms with Crippen LogP contribution >= 0.6 is 0 Å². The number of carbonyl (C=O) groups is 3. The molecule has 2 aromatic rings. The third-order valence-electron chi connectivity index (χ3n) is 7.04. The second-order valence-corrected chi connectivity index (χ2v) is 10.6. The van der Waals surface area contributed by atoms with Crippen molar-refractivity contribution in [3.63, 3.8) is 0 Å². The summed E-state index contributed by atoms with van der Waals surface area (Å²) in [5.74, 6) is -0.415. The summed E-state index contributed by atoms with van der Waals surface area (Å²) in [6.07, 6.45) is 3.23. The average molecular weight is 523 g/mol. The molecule has 1 saturated heterocycles. The number of likely N-dealkylation sites (tertiary alicyclic amines) is 1. The van der Waals surface area contributed by atoms with E-state index in [2.05, 4.69) is 43.7 Å². The summed E-state index contributed by atoms with van der Waals surface area (Å²) in [6.45, 7) is 7.14. The number of hydrogen-bond acceptors (Lipinski definition) is 8. The van der Waals surface area contributed by atoms with Gasteiger partial charge < -0.3 is 20.6 Å². The number of Topliss-reactive ketones (excluding diaryl/α,β-unsaturated/α-hetero) is 1. The number of aliphatic hydroxyl groups is 1. The molecular formula is C28H38N6O4. The van der Waals surface area contributed by atoms with E-state index in [9.17, 15) is 19.5 Å². The van der Waals surface area contributed by atoms with Crippen molar-refractivity contribution in [2.75, 3.05) is 38.0 Å². The summed E-state index contributed by atoms with van der Waals surface area (Å²) < 4.78 is 0. The van der Waals surface area contributed by atoms with Crippen molar-refractivity contribution in [1.29, 1.82) is 0 Å². The monoisotopic (exact) mass is 522 g/mol. The van der Waals surface area contributed by atoms with E-state index in [-0.39, 0.29) is 42.3 Å². The van der Waals surface area contributed by atoms with Crippen LogP contribution in [0.15, 0.2) is 36.7 Å². The fourth-order valence-corrected chi connectivity index (χ4v) is 5.00. The van der Waals surface area contributed by atoms with Gasteiger partial charge >= 0.3 is 0 Å². The lowest BCUT2D eigenvalue weighted by molar-refractivity contribution is -0.145. The minimum absolute atomic E-state index is 0.0709. The number of aromatic nitrogens is 2. The predicted octanol–water partition coefficient (Wildman–Crippen LogP) is 1.64. The summed E-state index contributed by atoms with van der Waals surface area (Å²) in [7, 11) is 0. The predicted molar refractivity (Wildman–Crippen MR) is 143 cm³/mol. The van der Waals surface area contributed by atoms with Crippen LogP contribution in [-0.4, -0.2) is 87.3 Å². The number of benzene rings is 1. The smallest absolute Gasteiger partial charge is 0.289 e. The molecule has 0 radical (unpaired) electrons. The fourth-order valence-electron chi connectivity index (χ4n) is 5.00. The van der Waals surface area contributed by atoms with Crippen molar-refractivity contribution < 1.29 is 19.5 Å². The molecule has 3 heterocycles. The molecule has 0 unspecified atom stereocenters. The molecule has 1 atom stereocenters. The Morgan fingerprint density at radius 3 is 2.55 bits per heavy atom. The normalized spacial score (nSPS) is 17.1. The molecule has 1 aromatic heterocycles. The zero-order valence-corrected chi connectivity index (χ0v) is 22.2. The Kier molecular flexibility index (Phi) is 9.41. The Hall–Kier alpha value is -3.37. The lowest BCUT2D eigenvalue weighted by atomic mass is 10.00. The Labute approximate surface area is 223 Å². The van der Waals surface area contributed by atoms with Crippen LogP contribution in [0.3, 0.4) is 0 Å². The number of amides is 2. The van der Waals surface area contributed by atoms with Gasteiger partial charge in [0.15, 0.2) is 0 Å². The molecule has 10 nitrogen and oxygen atoms in total. The number of fused-ring (bicyclic) bond motifs is 1. The van der Waals surface area contributed by atoms with Gasteiger partial charge in [-0.05, 0) is 36.3 Å². The Bertz CT molecular complexity index is 1130. The molecule has 1 fully saturated rings. The van der Waals surface area contributed by atoms with Gasteiger partial charge in [-0.25, -0.2) is 9.97 Å². The van der Waals surface area contributed by atoms with Gasteiger partial charge in [-0.15, -0.1) is 0 Å². The van der Waals surface area contributed by atoms with Crippen LogP contribution in [-0.2, 0) is 22.6 Å². The number of carbonyl (C=O) groups excluding carboxylic acids is 3. The molecule has 3 N–H and O–H groups in total. The van der Waals surface area contributed by atoms with Crippen molar-refractivity contribution >= 4 is 23.4 Å². The Balaban J connectivity index is 1.21. The highest BCUT2D eigenvalue weighted by atomic mass is 16.3. The van der Waals surface area contributed by atoms with E-state index < -0.39 is 12.0 Å². The van der Waals surface area contributed by atoms with E-state index in [1.807, 2.05) is 19.9 Å². The first-order chi connectivity index (χ1) is 18.3. The topological polar surface area (TPSA) is 128 Å².